The number of carbonyl (C=O) groups excluding carboxylic acids is 6. The van der Waals surface area contributed by atoms with Crippen LogP contribution >= 0.6 is 35.3 Å². The topological polar surface area (TPSA) is 241 Å². The van der Waals surface area contributed by atoms with Gasteiger partial charge in [-0.2, -0.15) is 35.3 Å². The molecule has 0 saturated heterocycles. The fraction of sp³-hybridized carbons (Fsp3) is 0.800. The molecule has 21 nitrogen and oxygen atoms in total. The molecule has 1 aromatic rings. The standard InChI is InChI=1S/C60H102O21S3/c1-7-76-58(64)52(46-82-37-34-73-31-28-70-25-22-67-4)16-10-13-19-55(61)79-43-49-40-50(44-80-56(62)20-14-11-17-53(59(65)77-8-2)47-83-38-35-74-32-29-71-26-23-68-5)42-51(41-49)45-81-57(63)21-15-12-18-54(60(66)78-9-3)48-84-39-36-75-33-30-72-27-24-69-6/h40-42,52-54H,7-39,43-48H2,1-6H3. The van der Waals surface area contributed by atoms with Gasteiger partial charge in [0.25, 0.3) is 0 Å². The maximum atomic E-state index is 13.0. The van der Waals surface area contributed by atoms with Gasteiger partial charge in [-0.15, -0.1) is 0 Å². The van der Waals surface area contributed by atoms with Crippen LogP contribution in [-0.2, 0) is 120 Å². The molecular weight excluding hydrogens is 1150 g/mol. The molecule has 486 valence electrons. The molecule has 0 aromatic heterocycles. The number of benzene rings is 1. The van der Waals surface area contributed by atoms with Gasteiger partial charge < -0.3 is 71.1 Å². The van der Waals surface area contributed by atoms with Crippen molar-refractivity contribution >= 4 is 71.1 Å². The SMILES string of the molecule is CCOC(=O)C(CCCCC(=O)OCc1cc(COC(=O)CCCCC(CSCCOCCOCCOC)C(=O)OCC)cc(COC(=O)CCCCC(CSCCOCCOCCOC)C(=O)OCC)c1)CSCCOCCOCCOC. The van der Waals surface area contributed by atoms with Gasteiger partial charge in [-0.05, 0) is 94.2 Å². The van der Waals surface area contributed by atoms with E-state index < -0.39 is 17.9 Å². The van der Waals surface area contributed by atoms with Gasteiger partial charge in [0.1, 0.15) is 19.8 Å². The number of hydrogen-bond acceptors (Lipinski definition) is 24. The molecule has 0 amide bonds. The van der Waals surface area contributed by atoms with Crippen molar-refractivity contribution in [2.75, 3.05) is 175 Å². The molecule has 0 N–H and O–H groups in total. The van der Waals surface area contributed by atoms with Crippen LogP contribution in [0.25, 0.3) is 0 Å². The van der Waals surface area contributed by atoms with Gasteiger partial charge in [-0.1, -0.05) is 19.3 Å². The van der Waals surface area contributed by atoms with Crippen LogP contribution in [0.5, 0.6) is 0 Å². The first kappa shape index (κ1) is 78.7. The molecule has 3 atom stereocenters. The van der Waals surface area contributed by atoms with Gasteiger partial charge in [0, 0.05) is 75.1 Å². The molecule has 84 heavy (non-hydrogen) atoms. The molecule has 0 bridgehead atoms. The molecule has 3 unspecified atom stereocenters. The fourth-order valence-electron chi connectivity index (χ4n) is 7.79. The molecule has 0 radical (unpaired) electrons. The zero-order chi connectivity index (χ0) is 61.4. The van der Waals surface area contributed by atoms with E-state index in [0.717, 1.165) is 0 Å². The number of carbonyl (C=O) groups is 6. The summed E-state index contributed by atoms with van der Waals surface area (Å²) in [4.78, 5) is 77.4. The van der Waals surface area contributed by atoms with Crippen LogP contribution < -0.4 is 0 Å². The lowest BCUT2D eigenvalue weighted by Gasteiger charge is -2.15. The molecule has 0 heterocycles. The van der Waals surface area contributed by atoms with E-state index in [1.807, 2.05) is 0 Å². The zero-order valence-electron chi connectivity index (χ0n) is 51.3. The zero-order valence-corrected chi connectivity index (χ0v) is 53.8. The molecular formula is C60H102O21S3. The van der Waals surface area contributed by atoms with Crippen LogP contribution in [0.1, 0.15) is 115 Å². The van der Waals surface area contributed by atoms with Gasteiger partial charge in [0.05, 0.1) is 137 Å². The van der Waals surface area contributed by atoms with Crippen LogP contribution in [0.2, 0.25) is 0 Å². The number of unbranched alkanes of at least 4 members (excludes halogenated alkanes) is 3. The minimum absolute atomic E-state index is 0.0700. The van der Waals surface area contributed by atoms with Crippen molar-refractivity contribution in [1.29, 1.82) is 0 Å². The fourth-order valence-corrected chi connectivity index (χ4v) is 10.8. The summed E-state index contributed by atoms with van der Waals surface area (Å²) in [6.45, 7) is 13.6. The summed E-state index contributed by atoms with van der Waals surface area (Å²) in [5.41, 5.74) is 1.85. The molecule has 0 aliphatic heterocycles. The summed E-state index contributed by atoms with van der Waals surface area (Å²) >= 11 is 4.85. The maximum Gasteiger partial charge on any atom is 0.309 e. The third kappa shape index (κ3) is 46.0. The quantitative estimate of drug-likeness (QED) is 0.0338. The van der Waals surface area contributed by atoms with Crippen LogP contribution in [0, 0.1) is 17.8 Å². The average Bonchev–Trinajstić information content (AvgIpc) is 3.64. The molecule has 0 spiro atoms. The summed E-state index contributed by atoms with van der Waals surface area (Å²) in [5.74, 6) is 0.917. The van der Waals surface area contributed by atoms with Crippen molar-refractivity contribution in [3.8, 4) is 0 Å². The first-order valence-corrected chi connectivity index (χ1v) is 33.2. The molecule has 1 rings (SSSR count). The van der Waals surface area contributed by atoms with Crippen molar-refractivity contribution in [3.05, 3.63) is 34.9 Å². The molecule has 24 heteroatoms. The summed E-state index contributed by atoms with van der Waals surface area (Å²) in [5, 5.41) is 0. The smallest absolute Gasteiger partial charge is 0.309 e. The molecule has 0 saturated carbocycles. The highest BCUT2D eigenvalue weighted by Gasteiger charge is 2.23. The Kier molecular flexibility index (Phi) is 53.9. The third-order valence-electron chi connectivity index (χ3n) is 12.2. The first-order valence-electron chi connectivity index (χ1n) is 29.8. The Labute approximate surface area is 513 Å². The Hall–Kier alpha value is -3.27. The third-order valence-corrected chi connectivity index (χ3v) is 15.5. The lowest BCUT2D eigenvalue weighted by molar-refractivity contribution is -0.148. The highest BCUT2D eigenvalue weighted by Crippen LogP contribution is 2.22. The van der Waals surface area contributed by atoms with E-state index in [1.54, 1.807) is 95.6 Å². The number of thioether (sulfide) groups is 3. The van der Waals surface area contributed by atoms with E-state index in [0.29, 0.717) is 208 Å². The van der Waals surface area contributed by atoms with Gasteiger partial charge in [0.15, 0.2) is 0 Å². The number of ether oxygens (including phenoxy) is 15. The Bertz CT molecular complexity index is 1600. The molecule has 0 aliphatic carbocycles. The second kappa shape index (κ2) is 57.5. The van der Waals surface area contributed by atoms with E-state index in [4.69, 9.17) is 71.1 Å². The van der Waals surface area contributed by atoms with Crippen LogP contribution in [0.3, 0.4) is 0 Å². The van der Waals surface area contributed by atoms with Crippen LogP contribution in [-0.4, -0.2) is 211 Å². The maximum absolute atomic E-state index is 13.0. The lowest BCUT2D eigenvalue weighted by atomic mass is 10.0. The van der Waals surface area contributed by atoms with Crippen molar-refractivity contribution in [2.45, 2.75) is 118 Å². The predicted octanol–water partition coefficient (Wildman–Crippen LogP) is 8.27. The van der Waals surface area contributed by atoms with Gasteiger partial charge in [-0.3, -0.25) is 28.8 Å². The Morgan fingerprint density at radius 2 is 0.595 bits per heavy atom. The first-order chi connectivity index (χ1) is 41.0. The van der Waals surface area contributed by atoms with Gasteiger partial charge >= 0.3 is 35.8 Å². The largest absolute Gasteiger partial charge is 0.466 e. The lowest BCUT2D eigenvalue weighted by Crippen LogP contribution is -2.21. The number of esters is 6. The highest BCUT2D eigenvalue weighted by atomic mass is 32.2. The molecule has 0 fully saturated rings. The summed E-state index contributed by atoms with van der Waals surface area (Å²) in [7, 11) is 4.87. The monoisotopic (exact) mass is 1250 g/mol. The molecule has 1 aromatic carbocycles. The van der Waals surface area contributed by atoms with Gasteiger partial charge in [-0.25, -0.2) is 0 Å². The highest BCUT2D eigenvalue weighted by molar-refractivity contribution is 7.99. The Morgan fingerprint density at radius 3 is 0.845 bits per heavy atom. The van der Waals surface area contributed by atoms with Crippen molar-refractivity contribution < 1.29 is 99.8 Å². The normalized spacial score (nSPS) is 12.4. The van der Waals surface area contributed by atoms with E-state index in [2.05, 4.69) is 0 Å². The van der Waals surface area contributed by atoms with Crippen molar-refractivity contribution in [2.24, 2.45) is 17.8 Å². The predicted molar refractivity (Wildman–Crippen MR) is 324 cm³/mol. The number of rotatable bonds is 60. The summed E-state index contributed by atoms with van der Waals surface area (Å²) in [6, 6.07) is 5.35. The van der Waals surface area contributed by atoms with Crippen molar-refractivity contribution in [3.63, 3.8) is 0 Å². The van der Waals surface area contributed by atoms with E-state index >= 15 is 0 Å². The van der Waals surface area contributed by atoms with E-state index in [9.17, 15) is 28.8 Å². The summed E-state index contributed by atoms with van der Waals surface area (Å²) in [6.07, 6.45) is 5.51. The number of methoxy groups -OCH3 is 3. The minimum atomic E-state index is -0.410. The van der Waals surface area contributed by atoms with Crippen LogP contribution in [0.4, 0.5) is 0 Å². The van der Waals surface area contributed by atoms with E-state index in [-0.39, 0.29) is 94.6 Å². The van der Waals surface area contributed by atoms with E-state index in [1.165, 1.54) is 0 Å². The Morgan fingerprint density at radius 1 is 0.345 bits per heavy atom. The second-order valence-electron chi connectivity index (χ2n) is 19.1. The summed E-state index contributed by atoms with van der Waals surface area (Å²) < 4.78 is 81.1. The number of hydrogen-bond donors (Lipinski definition) is 0. The van der Waals surface area contributed by atoms with Crippen LogP contribution in [0.15, 0.2) is 18.2 Å². The second-order valence-corrected chi connectivity index (χ2v) is 22.6. The Balaban J connectivity index is 2.86. The van der Waals surface area contributed by atoms with Crippen molar-refractivity contribution in [1.82, 2.24) is 0 Å². The minimum Gasteiger partial charge on any atom is -0.466 e. The average molecular weight is 1260 g/mol. The molecule has 0 aliphatic rings. The van der Waals surface area contributed by atoms with Gasteiger partial charge in [0.2, 0.25) is 0 Å².